The Kier molecular flexibility index (Phi) is 6.04. The van der Waals surface area contributed by atoms with Crippen molar-refractivity contribution < 1.29 is 8.42 Å². The first-order valence-electron chi connectivity index (χ1n) is 6.68. The van der Waals surface area contributed by atoms with Gasteiger partial charge in [-0.3, -0.25) is 0 Å². The highest BCUT2D eigenvalue weighted by atomic mass is 35.5. The second-order valence-corrected chi connectivity index (χ2v) is 8.72. The van der Waals surface area contributed by atoms with Crippen molar-refractivity contribution in [3.63, 3.8) is 0 Å². The van der Waals surface area contributed by atoms with Crippen molar-refractivity contribution in [1.29, 1.82) is 0 Å². The van der Waals surface area contributed by atoms with Crippen LogP contribution in [0.3, 0.4) is 0 Å². The number of hydrogen-bond donors (Lipinski definition) is 2. The van der Waals surface area contributed by atoms with Crippen molar-refractivity contribution in [3.05, 3.63) is 15.8 Å². The monoisotopic (exact) mass is 338 g/mol. The van der Waals surface area contributed by atoms with Gasteiger partial charge in [-0.15, -0.1) is 23.7 Å². The van der Waals surface area contributed by atoms with Crippen LogP contribution in [0.4, 0.5) is 0 Å². The molecule has 1 saturated carbocycles. The number of hydrogen-bond acceptors (Lipinski definition) is 4. The number of halogens is 1. The molecule has 0 bridgehead atoms. The normalized spacial score (nSPS) is 18.6. The van der Waals surface area contributed by atoms with Gasteiger partial charge in [-0.2, -0.15) is 0 Å². The van der Waals surface area contributed by atoms with Crippen LogP contribution in [0, 0.1) is 13.8 Å². The maximum Gasteiger partial charge on any atom is 0.241 e. The fourth-order valence-electron chi connectivity index (χ4n) is 2.62. The van der Waals surface area contributed by atoms with Crippen LogP contribution in [-0.2, 0) is 10.0 Å². The maximum atomic E-state index is 12.3. The van der Waals surface area contributed by atoms with Gasteiger partial charge in [0, 0.05) is 21.8 Å². The van der Waals surface area contributed by atoms with E-state index in [2.05, 4.69) is 4.72 Å². The quantitative estimate of drug-likeness (QED) is 0.886. The molecule has 1 aromatic rings. The lowest BCUT2D eigenvalue weighted by molar-refractivity contribution is 0.296. The van der Waals surface area contributed by atoms with E-state index in [-0.39, 0.29) is 17.9 Å². The Morgan fingerprint density at radius 1 is 1.30 bits per heavy atom. The number of aryl methyl sites for hydroxylation is 2. The highest BCUT2D eigenvalue weighted by molar-refractivity contribution is 7.89. The van der Waals surface area contributed by atoms with Crippen LogP contribution in [0.5, 0.6) is 0 Å². The molecule has 1 heterocycles. The molecule has 1 fully saturated rings. The minimum Gasteiger partial charge on any atom is -0.324 e. The second kappa shape index (κ2) is 6.75. The molecular weight excluding hydrogens is 316 g/mol. The van der Waals surface area contributed by atoms with Crippen LogP contribution >= 0.6 is 23.7 Å². The highest BCUT2D eigenvalue weighted by Crippen LogP contribution is 2.27. The molecule has 20 heavy (non-hydrogen) atoms. The smallest absolute Gasteiger partial charge is 0.241 e. The van der Waals surface area contributed by atoms with E-state index >= 15 is 0 Å². The van der Waals surface area contributed by atoms with Gasteiger partial charge >= 0.3 is 0 Å². The third-order valence-corrected chi connectivity index (χ3v) is 6.37. The van der Waals surface area contributed by atoms with Crippen LogP contribution in [-0.4, -0.2) is 20.5 Å². The van der Waals surface area contributed by atoms with Crippen LogP contribution in [0.15, 0.2) is 11.0 Å². The topological polar surface area (TPSA) is 72.2 Å². The van der Waals surface area contributed by atoms with E-state index in [0.29, 0.717) is 11.4 Å². The molecule has 0 aromatic carbocycles. The minimum atomic E-state index is -3.43. The van der Waals surface area contributed by atoms with Crippen molar-refractivity contribution in [2.24, 2.45) is 5.73 Å². The van der Waals surface area contributed by atoms with Crippen molar-refractivity contribution in [2.45, 2.75) is 56.4 Å². The molecule has 0 radical (unpaired) electrons. The Morgan fingerprint density at radius 2 is 1.90 bits per heavy atom. The third kappa shape index (κ3) is 4.18. The predicted molar refractivity (Wildman–Crippen MR) is 86.2 cm³/mol. The molecule has 4 nitrogen and oxygen atoms in total. The lowest BCUT2D eigenvalue weighted by atomic mass is 9.83. The van der Waals surface area contributed by atoms with Crippen molar-refractivity contribution >= 4 is 33.8 Å². The standard InChI is InChI=1S/C13H22N2O2S2.ClH/c1-10-8-12(11(2)18-10)19(16,17)15-9-13(14)6-4-3-5-7-13;/h8,15H,3-7,9,14H2,1-2H3;1H. The van der Waals surface area contributed by atoms with Crippen molar-refractivity contribution in [2.75, 3.05) is 6.54 Å². The summed E-state index contributed by atoms with van der Waals surface area (Å²) in [6.45, 7) is 4.09. The number of nitrogens with one attached hydrogen (secondary N) is 1. The first-order valence-corrected chi connectivity index (χ1v) is 8.98. The van der Waals surface area contributed by atoms with Crippen LogP contribution in [0.2, 0.25) is 0 Å². The van der Waals surface area contributed by atoms with E-state index < -0.39 is 10.0 Å². The zero-order valence-electron chi connectivity index (χ0n) is 11.9. The fourth-order valence-corrected chi connectivity index (χ4v) is 5.31. The summed E-state index contributed by atoms with van der Waals surface area (Å²) in [5.41, 5.74) is 5.89. The summed E-state index contributed by atoms with van der Waals surface area (Å²) in [5.74, 6) is 0. The molecule has 2 rings (SSSR count). The van der Waals surface area contributed by atoms with E-state index in [1.807, 2.05) is 13.8 Å². The molecule has 1 aliphatic carbocycles. The van der Waals surface area contributed by atoms with Crippen LogP contribution in [0.1, 0.15) is 41.9 Å². The molecule has 0 spiro atoms. The zero-order valence-corrected chi connectivity index (χ0v) is 14.4. The van der Waals surface area contributed by atoms with Crippen LogP contribution < -0.4 is 10.5 Å². The summed E-state index contributed by atoms with van der Waals surface area (Å²) in [6.07, 6.45) is 5.19. The third-order valence-electron chi connectivity index (χ3n) is 3.75. The van der Waals surface area contributed by atoms with Gasteiger partial charge in [0.1, 0.15) is 0 Å². The van der Waals surface area contributed by atoms with Gasteiger partial charge in [-0.1, -0.05) is 19.3 Å². The average molecular weight is 339 g/mol. The molecule has 0 atom stereocenters. The zero-order chi connectivity index (χ0) is 14.1. The van der Waals surface area contributed by atoms with E-state index in [0.717, 1.165) is 35.4 Å². The summed E-state index contributed by atoms with van der Waals surface area (Å²) in [6, 6.07) is 1.73. The Hall–Kier alpha value is -0.140. The molecule has 7 heteroatoms. The van der Waals surface area contributed by atoms with Crippen molar-refractivity contribution in [3.8, 4) is 0 Å². The number of thiophene rings is 1. The number of rotatable bonds is 4. The summed E-state index contributed by atoms with van der Waals surface area (Å²) in [4.78, 5) is 2.24. The van der Waals surface area contributed by atoms with Gasteiger partial charge in [-0.25, -0.2) is 13.1 Å². The minimum absolute atomic E-state index is 0. The average Bonchev–Trinajstić information content (AvgIpc) is 2.68. The molecule has 1 aliphatic rings. The van der Waals surface area contributed by atoms with Gasteiger partial charge in [0.15, 0.2) is 0 Å². The summed E-state index contributed by atoms with van der Waals surface area (Å²) in [7, 11) is -3.43. The Morgan fingerprint density at radius 3 is 2.40 bits per heavy atom. The Balaban J connectivity index is 0.00000200. The second-order valence-electron chi connectivity index (χ2n) is 5.53. The largest absolute Gasteiger partial charge is 0.324 e. The lowest BCUT2D eigenvalue weighted by Crippen LogP contribution is -2.51. The van der Waals surface area contributed by atoms with Gasteiger partial charge in [-0.05, 0) is 32.8 Å². The molecule has 0 amide bonds. The molecule has 0 aliphatic heterocycles. The molecule has 1 aromatic heterocycles. The van der Waals surface area contributed by atoms with Gasteiger partial charge < -0.3 is 5.73 Å². The van der Waals surface area contributed by atoms with Gasteiger partial charge in [0.05, 0.1) is 4.90 Å². The molecule has 116 valence electrons. The van der Waals surface area contributed by atoms with E-state index in [4.69, 9.17) is 5.73 Å². The lowest BCUT2D eigenvalue weighted by Gasteiger charge is -2.33. The summed E-state index contributed by atoms with van der Waals surface area (Å²) >= 11 is 1.51. The Bertz CT molecular complexity index is 549. The highest BCUT2D eigenvalue weighted by Gasteiger charge is 2.30. The van der Waals surface area contributed by atoms with Gasteiger partial charge in [0.2, 0.25) is 10.0 Å². The Labute approximate surface area is 131 Å². The number of sulfonamides is 1. The molecular formula is C13H23ClN2O2S2. The van der Waals surface area contributed by atoms with Crippen molar-refractivity contribution in [1.82, 2.24) is 4.72 Å². The first-order chi connectivity index (χ1) is 8.82. The molecule has 0 unspecified atom stereocenters. The predicted octanol–water partition coefficient (Wildman–Crippen LogP) is 2.73. The SMILES string of the molecule is Cc1cc(S(=O)(=O)NCC2(N)CCCCC2)c(C)s1.Cl. The maximum absolute atomic E-state index is 12.3. The van der Waals surface area contributed by atoms with E-state index in [1.165, 1.54) is 17.8 Å². The first kappa shape index (κ1) is 17.9. The molecule has 0 saturated heterocycles. The van der Waals surface area contributed by atoms with Gasteiger partial charge in [0.25, 0.3) is 0 Å². The van der Waals surface area contributed by atoms with E-state index in [1.54, 1.807) is 6.07 Å². The summed E-state index contributed by atoms with van der Waals surface area (Å²) in [5, 5.41) is 0. The molecule has 3 N–H and O–H groups in total. The fraction of sp³-hybridized carbons (Fsp3) is 0.692. The number of nitrogens with two attached hydrogens (primary N) is 1. The van der Waals surface area contributed by atoms with Crippen LogP contribution in [0.25, 0.3) is 0 Å². The summed E-state index contributed by atoms with van der Waals surface area (Å²) < 4.78 is 27.3. The van der Waals surface area contributed by atoms with E-state index in [9.17, 15) is 8.42 Å².